The van der Waals surface area contributed by atoms with E-state index in [9.17, 15) is 9.18 Å². The number of piperidine rings is 1. The van der Waals surface area contributed by atoms with E-state index in [1.54, 1.807) is 6.07 Å². The van der Waals surface area contributed by atoms with Crippen molar-refractivity contribution in [3.05, 3.63) is 35.1 Å². The molecule has 1 aromatic rings. The van der Waals surface area contributed by atoms with Crippen LogP contribution < -0.4 is 0 Å². The summed E-state index contributed by atoms with van der Waals surface area (Å²) in [6.45, 7) is 5.52. The molecule has 1 saturated heterocycles. The lowest BCUT2D eigenvalue weighted by Gasteiger charge is -2.36. The van der Waals surface area contributed by atoms with Crippen molar-refractivity contribution >= 4 is 5.97 Å². The van der Waals surface area contributed by atoms with Crippen LogP contribution in [0.5, 0.6) is 0 Å². The molecule has 3 nitrogen and oxygen atoms in total. The van der Waals surface area contributed by atoms with Crippen LogP contribution in [0.25, 0.3) is 0 Å². The molecule has 1 aliphatic heterocycles. The van der Waals surface area contributed by atoms with Crippen LogP contribution in [0.3, 0.4) is 0 Å². The minimum absolute atomic E-state index is 0.209. The van der Waals surface area contributed by atoms with Gasteiger partial charge in [0, 0.05) is 12.6 Å². The lowest BCUT2D eigenvalue weighted by atomic mass is 9.91. The van der Waals surface area contributed by atoms with Gasteiger partial charge in [0.25, 0.3) is 0 Å². The van der Waals surface area contributed by atoms with Gasteiger partial charge >= 0.3 is 5.97 Å². The lowest BCUT2D eigenvalue weighted by Crippen LogP contribution is -2.42. The molecule has 1 N–H and O–H groups in total. The van der Waals surface area contributed by atoms with Crippen molar-refractivity contribution in [2.24, 2.45) is 5.92 Å². The topological polar surface area (TPSA) is 40.5 Å². The molecule has 0 aliphatic carbocycles. The van der Waals surface area contributed by atoms with E-state index in [1.807, 2.05) is 13.0 Å². The maximum absolute atomic E-state index is 13.1. The Kier molecular flexibility index (Phi) is 4.20. The molecule has 0 bridgehead atoms. The number of carboxylic acids is 1. The zero-order chi connectivity index (χ0) is 14.0. The first-order valence-electron chi connectivity index (χ1n) is 6.69. The average Bonchev–Trinajstić information content (AvgIpc) is 2.34. The highest BCUT2D eigenvalue weighted by atomic mass is 19.1. The van der Waals surface area contributed by atoms with E-state index in [1.165, 1.54) is 6.07 Å². The number of rotatable bonds is 3. The molecule has 104 valence electrons. The molecule has 1 aromatic carbocycles. The van der Waals surface area contributed by atoms with Gasteiger partial charge in [0.05, 0.1) is 5.92 Å². The van der Waals surface area contributed by atoms with Crippen LogP contribution in [0.2, 0.25) is 0 Å². The van der Waals surface area contributed by atoms with Crippen molar-refractivity contribution < 1.29 is 14.3 Å². The van der Waals surface area contributed by atoms with Crippen LogP contribution in [-0.2, 0) is 11.3 Å². The van der Waals surface area contributed by atoms with Crippen LogP contribution in [0.1, 0.15) is 30.9 Å². The highest BCUT2D eigenvalue weighted by molar-refractivity contribution is 5.70. The second-order valence-electron chi connectivity index (χ2n) is 5.45. The molecule has 4 heteroatoms. The number of halogens is 1. The molecule has 2 unspecified atom stereocenters. The number of hydrogen-bond donors (Lipinski definition) is 1. The largest absolute Gasteiger partial charge is 0.481 e. The summed E-state index contributed by atoms with van der Waals surface area (Å²) < 4.78 is 13.1. The first-order valence-corrected chi connectivity index (χ1v) is 6.69. The minimum Gasteiger partial charge on any atom is -0.481 e. The molecule has 1 heterocycles. The summed E-state index contributed by atoms with van der Waals surface area (Å²) in [5.74, 6) is -1.12. The number of aryl methyl sites for hydroxylation is 1. The fraction of sp³-hybridized carbons (Fsp3) is 0.533. The molecular formula is C15H20FNO2. The molecule has 1 fully saturated rings. The van der Waals surface area contributed by atoms with Gasteiger partial charge in [0.2, 0.25) is 0 Å². The second-order valence-corrected chi connectivity index (χ2v) is 5.45. The van der Waals surface area contributed by atoms with Crippen LogP contribution in [-0.4, -0.2) is 28.6 Å². The molecule has 0 radical (unpaired) electrons. The van der Waals surface area contributed by atoms with Crippen molar-refractivity contribution in [2.75, 3.05) is 6.54 Å². The highest BCUT2D eigenvalue weighted by Gasteiger charge is 2.29. The molecule has 0 aromatic heterocycles. The van der Waals surface area contributed by atoms with Crippen LogP contribution >= 0.6 is 0 Å². The molecule has 1 aliphatic rings. The van der Waals surface area contributed by atoms with E-state index >= 15 is 0 Å². The number of carbonyl (C=O) groups is 1. The number of nitrogens with zero attached hydrogens (tertiary/aromatic N) is 1. The summed E-state index contributed by atoms with van der Waals surface area (Å²) in [6.07, 6.45) is 1.38. The standard InChI is InChI=1S/C15H20FNO2/c1-10-7-14(16)4-3-13(10)9-17-6-5-12(15(18)19)8-11(17)2/h3-4,7,11-12H,5-6,8-9H2,1-2H3,(H,18,19). The molecule has 0 spiro atoms. The van der Waals surface area contributed by atoms with E-state index in [4.69, 9.17) is 5.11 Å². The van der Waals surface area contributed by atoms with Gasteiger partial charge in [-0.3, -0.25) is 9.69 Å². The van der Waals surface area contributed by atoms with Crippen LogP contribution in [0.15, 0.2) is 18.2 Å². The lowest BCUT2D eigenvalue weighted by molar-refractivity contribution is -0.144. The Hall–Kier alpha value is -1.42. The van der Waals surface area contributed by atoms with Crippen LogP contribution in [0.4, 0.5) is 4.39 Å². The van der Waals surface area contributed by atoms with E-state index < -0.39 is 5.97 Å². The molecule has 19 heavy (non-hydrogen) atoms. The molecule has 0 amide bonds. The predicted molar refractivity (Wildman–Crippen MR) is 71.4 cm³/mol. The van der Waals surface area contributed by atoms with Crippen molar-refractivity contribution in [1.82, 2.24) is 4.90 Å². The van der Waals surface area contributed by atoms with E-state index in [0.29, 0.717) is 12.8 Å². The Balaban J connectivity index is 2.02. The first kappa shape index (κ1) is 14.0. The van der Waals surface area contributed by atoms with Gasteiger partial charge in [-0.05, 0) is 56.5 Å². The van der Waals surface area contributed by atoms with E-state index in [0.717, 1.165) is 24.2 Å². The highest BCUT2D eigenvalue weighted by Crippen LogP contribution is 2.25. The third-order valence-electron chi connectivity index (χ3n) is 4.04. The van der Waals surface area contributed by atoms with E-state index in [2.05, 4.69) is 11.8 Å². The fourth-order valence-electron chi connectivity index (χ4n) is 2.74. The van der Waals surface area contributed by atoms with Crippen molar-refractivity contribution in [3.8, 4) is 0 Å². The normalized spacial score (nSPS) is 24.4. The van der Waals surface area contributed by atoms with Crippen molar-refractivity contribution in [1.29, 1.82) is 0 Å². The van der Waals surface area contributed by atoms with Gasteiger partial charge in [-0.1, -0.05) is 6.07 Å². The Labute approximate surface area is 113 Å². The number of aliphatic carboxylic acids is 1. The van der Waals surface area contributed by atoms with E-state index in [-0.39, 0.29) is 17.8 Å². The SMILES string of the molecule is Cc1cc(F)ccc1CN1CCC(C(=O)O)CC1C. The third-order valence-corrected chi connectivity index (χ3v) is 4.04. The molecule has 2 rings (SSSR count). The number of carboxylic acid groups (broad SMARTS) is 1. The fourth-order valence-corrected chi connectivity index (χ4v) is 2.74. The molecule has 2 atom stereocenters. The average molecular weight is 265 g/mol. The van der Waals surface area contributed by atoms with Gasteiger partial charge in [-0.15, -0.1) is 0 Å². The Bertz CT molecular complexity index is 475. The minimum atomic E-state index is -0.690. The quantitative estimate of drug-likeness (QED) is 0.913. The summed E-state index contributed by atoms with van der Waals surface area (Å²) in [4.78, 5) is 13.3. The maximum atomic E-state index is 13.1. The summed E-state index contributed by atoms with van der Waals surface area (Å²) in [5.41, 5.74) is 2.06. The number of hydrogen-bond acceptors (Lipinski definition) is 2. The summed E-state index contributed by atoms with van der Waals surface area (Å²) in [6, 6.07) is 5.10. The summed E-state index contributed by atoms with van der Waals surface area (Å²) in [5, 5.41) is 9.05. The number of likely N-dealkylation sites (tertiary alicyclic amines) is 1. The van der Waals surface area contributed by atoms with Gasteiger partial charge in [0.15, 0.2) is 0 Å². The van der Waals surface area contributed by atoms with Gasteiger partial charge in [-0.25, -0.2) is 4.39 Å². The van der Waals surface area contributed by atoms with Gasteiger partial charge in [-0.2, -0.15) is 0 Å². The first-order chi connectivity index (χ1) is 8.97. The maximum Gasteiger partial charge on any atom is 0.306 e. The van der Waals surface area contributed by atoms with Gasteiger partial charge in [0.1, 0.15) is 5.82 Å². The van der Waals surface area contributed by atoms with Crippen LogP contribution in [0, 0.1) is 18.7 Å². The summed E-state index contributed by atoms with van der Waals surface area (Å²) >= 11 is 0. The predicted octanol–water partition coefficient (Wildman–Crippen LogP) is 2.82. The van der Waals surface area contributed by atoms with Gasteiger partial charge < -0.3 is 5.11 Å². The smallest absolute Gasteiger partial charge is 0.306 e. The Morgan fingerprint density at radius 1 is 1.53 bits per heavy atom. The zero-order valence-electron chi connectivity index (χ0n) is 11.4. The monoisotopic (exact) mass is 265 g/mol. The third kappa shape index (κ3) is 3.32. The Morgan fingerprint density at radius 2 is 2.26 bits per heavy atom. The van der Waals surface area contributed by atoms with Crippen molar-refractivity contribution in [3.63, 3.8) is 0 Å². The Morgan fingerprint density at radius 3 is 2.84 bits per heavy atom. The second kappa shape index (κ2) is 5.70. The molecule has 0 saturated carbocycles. The van der Waals surface area contributed by atoms with Crippen molar-refractivity contribution in [2.45, 2.75) is 39.3 Å². The number of benzene rings is 1. The molecular weight excluding hydrogens is 245 g/mol. The summed E-state index contributed by atoms with van der Waals surface area (Å²) in [7, 11) is 0. The zero-order valence-corrected chi connectivity index (χ0v) is 11.4.